The smallest absolute Gasteiger partial charge is 0.311 e. The number of carbonyl (C=O) groups excluding carboxylic acids is 1. The number of hydrogen-bond donors (Lipinski definition) is 0. The largest absolute Gasteiger partial charge is 0.534 e. The molecule has 3 aromatic rings. The van der Waals surface area contributed by atoms with Crippen LogP contribution >= 0.6 is 0 Å². The number of hydrogen-bond acceptors (Lipinski definition) is 2. The van der Waals surface area contributed by atoms with E-state index in [2.05, 4.69) is 36.9 Å². The molecule has 1 aliphatic carbocycles. The van der Waals surface area contributed by atoms with Crippen LogP contribution in [0, 0.1) is 0 Å². The van der Waals surface area contributed by atoms with E-state index in [4.69, 9.17) is 4.43 Å². The quantitative estimate of drug-likeness (QED) is 0.516. The minimum absolute atomic E-state index is 0.642. The zero-order valence-corrected chi connectivity index (χ0v) is 15.7. The maximum absolute atomic E-state index is 11.7. The Morgan fingerprint density at radius 3 is 1.92 bits per heavy atom. The Hall–Kier alpha value is -2.91. The fraction of sp³-hybridized carbons (Fsp3) is 0.0870. The van der Waals surface area contributed by atoms with Gasteiger partial charge in [0.25, 0.3) is 0 Å². The predicted octanol–water partition coefficient (Wildman–Crippen LogP) is 3.56. The Balaban J connectivity index is 1.85. The Bertz CT molecular complexity index is 922. The Kier molecular flexibility index (Phi) is 4.31. The van der Waals surface area contributed by atoms with Gasteiger partial charge in [-0.05, 0) is 22.5 Å². The molecule has 0 spiro atoms. The van der Waals surface area contributed by atoms with E-state index in [1.54, 1.807) is 0 Å². The van der Waals surface area contributed by atoms with Gasteiger partial charge in [-0.2, -0.15) is 0 Å². The first kappa shape index (κ1) is 16.5. The zero-order chi connectivity index (χ0) is 18.0. The van der Waals surface area contributed by atoms with Gasteiger partial charge >= 0.3 is 8.32 Å². The fourth-order valence-electron chi connectivity index (χ4n) is 3.57. The topological polar surface area (TPSA) is 26.3 Å². The summed E-state index contributed by atoms with van der Waals surface area (Å²) < 4.78 is 6.79. The average Bonchev–Trinajstić information content (AvgIpc) is 3.07. The minimum atomic E-state index is -2.51. The van der Waals surface area contributed by atoms with Gasteiger partial charge in [-0.3, -0.25) is 4.79 Å². The molecule has 0 radical (unpaired) electrons. The van der Waals surface area contributed by atoms with E-state index in [0.717, 1.165) is 28.7 Å². The van der Waals surface area contributed by atoms with Crippen molar-refractivity contribution in [2.45, 2.75) is 13.0 Å². The van der Waals surface area contributed by atoms with Gasteiger partial charge in [-0.25, -0.2) is 0 Å². The molecule has 0 aromatic heterocycles. The lowest BCUT2D eigenvalue weighted by Crippen LogP contribution is -2.57. The van der Waals surface area contributed by atoms with Crippen molar-refractivity contribution in [2.75, 3.05) is 0 Å². The summed E-state index contributed by atoms with van der Waals surface area (Å²) in [6, 6.07) is 28.9. The van der Waals surface area contributed by atoms with Crippen LogP contribution < -0.4 is 10.4 Å². The van der Waals surface area contributed by atoms with Crippen molar-refractivity contribution in [3.05, 3.63) is 102 Å². The molecule has 0 saturated heterocycles. The zero-order valence-electron chi connectivity index (χ0n) is 14.7. The summed E-state index contributed by atoms with van der Waals surface area (Å²) in [5.41, 5.74) is 2.93. The Morgan fingerprint density at radius 2 is 1.35 bits per heavy atom. The third kappa shape index (κ3) is 2.80. The van der Waals surface area contributed by atoms with Gasteiger partial charge in [0.05, 0.1) is 0 Å². The maximum atomic E-state index is 11.7. The predicted molar refractivity (Wildman–Crippen MR) is 108 cm³/mol. The second-order valence-corrected chi connectivity index (χ2v) is 10.1. The highest BCUT2D eigenvalue weighted by molar-refractivity contribution is 6.97. The Labute approximate surface area is 154 Å². The van der Waals surface area contributed by atoms with Crippen LogP contribution in [0.15, 0.2) is 90.5 Å². The van der Waals surface area contributed by atoms with Gasteiger partial charge in [0.1, 0.15) is 12.0 Å². The van der Waals surface area contributed by atoms with Crippen molar-refractivity contribution >= 4 is 30.7 Å². The summed E-state index contributed by atoms with van der Waals surface area (Å²) >= 11 is 0. The molecule has 0 aliphatic heterocycles. The van der Waals surface area contributed by atoms with Crippen molar-refractivity contribution in [2.24, 2.45) is 0 Å². The van der Waals surface area contributed by atoms with E-state index in [1.807, 2.05) is 54.6 Å². The van der Waals surface area contributed by atoms with Gasteiger partial charge in [0.15, 0.2) is 0 Å². The summed E-state index contributed by atoms with van der Waals surface area (Å²) in [5.74, 6) is 0.748. The first-order valence-electron chi connectivity index (χ1n) is 8.79. The molecule has 0 saturated carbocycles. The van der Waals surface area contributed by atoms with E-state index in [1.165, 1.54) is 10.4 Å². The molecule has 0 fully saturated rings. The van der Waals surface area contributed by atoms with Crippen molar-refractivity contribution in [1.82, 2.24) is 0 Å². The van der Waals surface area contributed by atoms with Crippen LogP contribution in [-0.2, 0) is 15.6 Å². The minimum Gasteiger partial charge on any atom is -0.534 e. The molecule has 0 atom stereocenters. The van der Waals surface area contributed by atoms with Crippen LogP contribution in [0.4, 0.5) is 0 Å². The molecular weight excluding hydrogens is 336 g/mol. The summed E-state index contributed by atoms with van der Waals surface area (Å²) in [5, 5.41) is 2.38. The molecule has 4 rings (SSSR count). The van der Waals surface area contributed by atoms with Gasteiger partial charge in [0, 0.05) is 17.6 Å². The number of allylic oxidation sites excluding steroid dienone is 1. The average molecular weight is 356 g/mol. The molecule has 0 amide bonds. The fourth-order valence-corrected chi connectivity index (χ4v) is 6.45. The van der Waals surface area contributed by atoms with Gasteiger partial charge < -0.3 is 4.43 Å². The lowest BCUT2D eigenvalue weighted by atomic mass is 10.1. The van der Waals surface area contributed by atoms with Crippen LogP contribution in [0.1, 0.15) is 11.1 Å². The normalized spacial score (nSPS) is 13.4. The molecule has 2 nitrogen and oxygen atoms in total. The van der Waals surface area contributed by atoms with Crippen molar-refractivity contribution in [1.29, 1.82) is 0 Å². The van der Waals surface area contributed by atoms with E-state index in [0.29, 0.717) is 6.42 Å². The molecule has 3 aromatic carbocycles. The number of benzene rings is 3. The number of rotatable bonds is 5. The molecule has 0 unspecified atom stereocenters. The highest BCUT2D eigenvalue weighted by Crippen LogP contribution is 2.34. The third-order valence-corrected chi connectivity index (χ3v) is 8.51. The highest BCUT2D eigenvalue weighted by atomic mass is 28.4. The molecular formula is C23H20O2Si. The Morgan fingerprint density at radius 1 is 0.808 bits per heavy atom. The third-order valence-electron chi connectivity index (χ3n) is 5.03. The summed E-state index contributed by atoms with van der Waals surface area (Å²) in [7, 11) is -2.51. The second kappa shape index (κ2) is 6.77. The monoisotopic (exact) mass is 356 g/mol. The molecule has 26 heavy (non-hydrogen) atoms. The van der Waals surface area contributed by atoms with Crippen LogP contribution in [0.25, 0.3) is 5.76 Å². The van der Waals surface area contributed by atoms with Gasteiger partial charge in [0.2, 0.25) is 0 Å². The number of carbonyl (C=O) groups is 1. The molecule has 3 heteroatoms. The summed E-state index contributed by atoms with van der Waals surface area (Å²) in [6.45, 7) is 2.20. The number of aldehydes is 1. The lowest BCUT2D eigenvalue weighted by molar-refractivity contribution is -0.104. The SMILES string of the molecule is C[Si](OC1=C(C=O)Cc2ccccc21)(c1ccccc1)c1ccccc1. The highest BCUT2D eigenvalue weighted by Gasteiger charge is 2.38. The van der Waals surface area contributed by atoms with E-state index in [-0.39, 0.29) is 0 Å². The van der Waals surface area contributed by atoms with Crippen LogP contribution in [0.2, 0.25) is 6.55 Å². The number of fused-ring (bicyclic) bond motifs is 1. The molecule has 128 valence electrons. The van der Waals surface area contributed by atoms with E-state index in [9.17, 15) is 4.79 Å². The summed E-state index contributed by atoms with van der Waals surface area (Å²) in [6.07, 6.45) is 1.59. The molecule has 0 bridgehead atoms. The van der Waals surface area contributed by atoms with Crippen LogP contribution in [-0.4, -0.2) is 14.6 Å². The maximum Gasteiger partial charge on any atom is 0.311 e. The van der Waals surface area contributed by atoms with Crippen molar-refractivity contribution in [3.63, 3.8) is 0 Å². The lowest BCUT2D eigenvalue weighted by Gasteiger charge is -2.30. The van der Waals surface area contributed by atoms with Crippen LogP contribution in [0.3, 0.4) is 0 Å². The van der Waals surface area contributed by atoms with E-state index < -0.39 is 8.32 Å². The first-order valence-corrected chi connectivity index (χ1v) is 11.2. The summed E-state index contributed by atoms with van der Waals surface area (Å²) in [4.78, 5) is 11.7. The van der Waals surface area contributed by atoms with Gasteiger partial charge in [-0.15, -0.1) is 0 Å². The van der Waals surface area contributed by atoms with E-state index >= 15 is 0 Å². The van der Waals surface area contributed by atoms with Crippen molar-refractivity contribution in [3.8, 4) is 0 Å². The van der Waals surface area contributed by atoms with Crippen molar-refractivity contribution < 1.29 is 9.22 Å². The molecule has 0 N–H and O–H groups in total. The standard InChI is InChI=1S/C23H20O2Si/c1-26(20-11-4-2-5-12-20,21-13-6-3-7-14-21)25-23-19(17-24)16-18-10-8-9-15-22(18)23/h2-15,17H,16H2,1H3. The molecule has 0 heterocycles. The molecule has 1 aliphatic rings. The second-order valence-electron chi connectivity index (χ2n) is 6.67. The first-order chi connectivity index (χ1) is 12.7. The van der Waals surface area contributed by atoms with Gasteiger partial charge in [-0.1, -0.05) is 84.9 Å². The van der Waals surface area contributed by atoms with Crippen LogP contribution in [0.5, 0.6) is 0 Å².